The molecule has 11 heteroatoms. The summed E-state index contributed by atoms with van der Waals surface area (Å²) >= 11 is 0. The minimum atomic E-state index is -0.381. The second-order valence-corrected chi connectivity index (χ2v) is 8.50. The fourth-order valence-electron chi connectivity index (χ4n) is 3.89. The number of ether oxygens (including phenoxy) is 1. The van der Waals surface area contributed by atoms with Gasteiger partial charge in [0, 0.05) is 11.6 Å². The Kier molecular flexibility index (Phi) is 6.98. The first-order chi connectivity index (χ1) is 18.5. The highest BCUT2D eigenvalue weighted by atomic mass is 16.5. The third kappa shape index (κ3) is 5.46. The Morgan fingerprint density at radius 3 is 2.61 bits per heavy atom. The maximum atomic E-state index is 12.9. The molecule has 0 aliphatic rings. The average Bonchev–Trinajstić information content (AvgIpc) is 3.46. The van der Waals surface area contributed by atoms with Crippen LogP contribution in [0.1, 0.15) is 28.8 Å². The van der Waals surface area contributed by atoms with Crippen molar-refractivity contribution in [3.8, 4) is 28.8 Å². The van der Waals surface area contributed by atoms with Crippen LogP contribution in [-0.2, 0) is 6.42 Å². The van der Waals surface area contributed by atoms with Crippen LogP contribution in [0.15, 0.2) is 75.9 Å². The van der Waals surface area contributed by atoms with Crippen molar-refractivity contribution in [1.29, 1.82) is 0 Å². The summed E-state index contributed by atoms with van der Waals surface area (Å²) in [5.41, 5.74) is 1.57. The van der Waals surface area contributed by atoms with Gasteiger partial charge in [0.1, 0.15) is 5.75 Å². The van der Waals surface area contributed by atoms with Crippen LogP contribution in [0.5, 0.6) is 17.2 Å². The summed E-state index contributed by atoms with van der Waals surface area (Å²) in [6.45, 7) is 0.493. The highest BCUT2D eigenvalue weighted by Gasteiger charge is 2.15. The molecule has 1 amide bonds. The van der Waals surface area contributed by atoms with Gasteiger partial charge in [-0.1, -0.05) is 12.1 Å². The predicted octanol–water partition coefficient (Wildman–Crippen LogP) is 4.04. The minimum Gasteiger partial charge on any atom is -0.504 e. The number of phenols is 2. The fourth-order valence-corrected chi connectivity index (χ4v) is 3.89. The number of aryl methyl sites for hydroxylation is 1. The topological polar surface area (TPSA) is 163 Å². The quantitative estimate of drug-likeness (QED) is 0.168. The van der Waals surface area contributed by atoms with Gasteiger partial charge < -0.3 is 24.7 Å². The number of nitrogens with one attached hydrogen (secondary N) is 2. The molecular weight excluding hydrogens is 490 g/mol. The van der Waals surface area contributed by atoms with Gasteiger partial charge in [-0.15, -0.1) is 10.2 Å². The van der Waals surface area contributed by atoms with Crippen LogP contribution in [0.4, 0.5) is 5.69 Å². The largest absolute Gasteiger partial charge is 0.504 e. The van der Waals surface area contributed by atoms with E-state index < -0.39 is 0 Å². The summed E-state index contributed by atoms with van der Waals surface area (Å²) in [5.74, 6) is 0.244. The zero-order valence-electron chi connectivity index (χ0n) is 20.0. The van der Waals surface area contributed by atoms with Gasteiger partial charge in [0.25, 0.3) is 5.91 Å². The molecule has 0 unspecified atom stereocenters. The number of hydrogen-bond donors (Lipinski definition) is 4. The standard InChI is InChI=1S/C27H23N5O6/c33-21-12-7-16(14-23(21)35)4-1-2-13-37-18-10-8-17(9-11-18)27(36)28-20-6-3-5-19-22(34)15-24(38-25(19)20)26-29-31-32-30-26/h3,5-12,14-15,33,35H,1-2,4,13H2,(H,28,36)(H,29,30,31,32). The number of aromatic nitrogens is 4. The van der Waals surface area contributed by atoms with E-state index >= 15 is 0 Å². The van der Waals surface area contributed by atoms with E-state index in [0.29, 0.717) is 29.0 Å². The van der Waals surface area contributed by atoms with Crippen LogP contribution in [0, 0.1) is 0 Å². The monoisotopic (exact) mass is 513 g/mol. The number of para-hydroxylation sites is 1. The zero-order valence-corrected chi connectivity index (χ0v) is 20.0. The number of carbonyl (C=O) groups is 1. The maximum absolute atomic E-state index is 12.9. The van der Waals surface area contributed by atoms with Crippen LogP contribution in [-0.4, -0.2) is 43.4 Å². The number of phenolic OH excluding ortho intramolecular Hbond substituents is 2. The average molecular weight is 514 g/mol. The number of fused-ring (bicyclic) bond motifs is 1. The molecule has 11 nitrogen and oxygen atoms in total. The number of rotatable bonds is 9. The van der Waals surface area contributed by atoms with Crippen LogP contribution in [0.2, 0.25) is 0 Å². The van der Waals surface area contributed by atoms with E-state index in [1.165, 1.54) is 12.1 Å². The van der Waals surface area contributed by atoms with Crippen LogP contribution in [0.3, 0.4) is 0 Å². The Balaban J connectivity index is 1.19. The molecule has 0 spiro atoms. The summed E-state index contributed by atoms with van der Waals surface area (Å²) < 4.78 is 11.6. The van der Waals surface area contributed by atoms with Crippen molar-refractivity contribution in [2.24, 2.45) is 0 Å². The molecule has 0 fully saturated rings. The van der Waals surface area contributed by atoms with Crippen LogP contribution >= 0.6 is 0 Å². The molecule has 192 valence electrons. The van der Waals surface area contributed by atoms with Gasteiger partial charge in [-0.05, 0) is 78.6 Å². The van der Waals surface area contributed by atoms with E-state index in [1.807, 2.05) is 0 Å². The molecule has 0 saturated carbocycles. The summed E-state index contributed by atoms with van der Waals surface area (Å²) in [7, 11) is 0. The molecule has 2 aromatic heterocycles. The van der Waals surface area contributed by atoms with Crippen molar-refractivity contribution < 1.29 is 24.2 Å². The van der Waals surface area contributed by atoms with E-state index in [2.05, 4.69) is 25.9 Å². The smallest absolute Gasteiger partial charge is 0.255 e. The van der Waals surface area contributed by atoms with Crippen molar-refractivity contribution >= 4 is 22.6 Å². The molecular formula is C27H23N5O6. The number of anilines is 1. The lowest BCUT2D eigenvalue weighted by Crippen LogP contribution is -2.13. The first kappa shape index (κ1) is 24.5. The van der Waals surface area contributed by atoms with Gasteiger partial charge >= 0.3 is 0 Å². The molecule has 0 saturated heterocycles. The summed E-state index contributed by atoms with van der Waals surface area (Å²) in [4.78, 5) is 25.5. The zero-order chi connectivity index (χ0) is 26.5. The van der Waals surface area contributed by atoms with Crippen molar-refractivity contribution in [3.63, 3.8) is 0 Å². The number of carbonyl (C=O) groups excluding carboxylic acids is 1. The second-order valence-electron chi connectivity index (χ2n) is 8.50. The Bertz CT molecular complexity index is 1630. The number of unbranched alkanes of at least 4 members (excludes halogenated alkanes) is 1. The lowest BCUT2D eigenvalue weighted by molar-refractivity contribution is 0.102. The molecule has 38 heavy (non-hydrogen) atoms. The van der Waals surface area contributed by atoms with Gasteiger partial charge in [0.2, 0.25) is 5.82 Å². The highest BCUT2D eigenvalue weighted by molar-refractivity contribution is 6.08. The number of amides is 1. The Labute approximate surface area is 215 Å². The van der Waals surface area contributed by atoms with Gasteiger partial charge in [-0.2, -0.15) is 5.21 Å². The van der Waals surface area contributed by atoms with Crippen LogP contribution < -0.4 is 15.5 Å². The predicted molar refractivity (Wildman–Crippen MR) is 138 cm³/mol. The van der Waals surface area contributed by atoms with Gasteiger partial charge in [0.15, 0.2) is 28.3 Å². The SMILES string of the molecule is O=C(Nc1cccc2c(=O)cc(-c3nn[nH]n3)oc12)c1ccc(OCCCCc2ccc(O)c(O)c2)cc1. The van der Waals surface area contributed by atoms with Gasteiger partial charge in [-0.3, -0.25) is 9.59 Å². The Hall–Kier alpha value is -5.19. The van der Waals surface area contributed by atoms with Gasteiger partial charge in [-0.25, -0.2) is 0 Å². The van der Waals surface area contributed by atoms with Crippen molar-refractivity contribution in [3.05, 3.63) is 88.1 Å². The molecule has 2 heterocycles. The molecule has 0 atom stereocenters. The molecule has 5 aromatic rings. The molecule has 3 aromatic carbocycles. The minimum absolute atomic E-state index is 0.124. The van der Waals surface area contributed by atoms with E-state index in [-0.39, 0.29) is 40.0 Å². The first-order valence-corrected chi connectivity index (χ1v) is 11.8. The molecule has 0 bridgehead atoms. The van der Waals surface area contributed by atoms with Gasteiger partial charge in [0.05, 0.1) is 17.7 Å². The third-order valence-electron chi connectivity index (χ3n) is 5.85. The summed E-state index contributed by atoms with van der Waals surface area (Å²) in [6, 6.07) is 17.7. The van der Waals surface area contributed by atoms with Crippen molar-refractivity contribution in [2.75, 3.05) is 11.9 Å². The molecule has 0 aliphatic carbocycles. The number of aromatic amines is 1. The molecule has 0 radical (unpaired) electrons. The second kappa shape index (κ2) is 10.8. The third-order valence-corrected chi connectivity index (χ3v) is 5.85. The number of aromatic hydroxyl groups is 2. The lowest BCUT2D eigenvalue weighted by atomic mass is 10.1. The molecule has 5 rings (SSSR count). The van der Waals surface area contributed by atoms with Crippen LogP contribution in [0.25, 0.3) is 22.6 Å². The Morgan fingerprint density at radius 1 is 1.00 bits per heavy atom. The highest BCUT2D eigenvalue weighted by Crippen LogP contribution is 2.27. The van der Waals surface area contributed by atoms with E-state index in [0.717, 1.165) is 24.8 Å². The number of tetrazole rings is 1. The normalized spacial score (nSPS) is 10.9. The number of benzene rings is 3. The first-order valence-electron chi connectivity index (χ1n) is 11.8. The summed E-state index contributed by atoms with van der Waals surface area (Å²) in [5, 5.41) is 35.5. The van der Waals surface area contributed by atoms with E-state index in [1.54, 1.807) is 54.6 Å². The van der Waals surface area contributed by atoms with Crippen molar-refractivity contribution in [2.45, 2.75) is 19.3 Å². The number of H-pyrrole nitrogens is 1. The molecule has 0 aliphatic heterocycles. The van der Waals surface area contributed by atoms with E-state index in [9.17, 15) is 19.8 Å². The summed E-state index contributed by atoms with van der Waals surface area (Å²) in [6.07, 6.45) is 2.39. The number of hydrogen-bond acceptors (Lipinski definition) is 9. The van der Waals surface area contributed by atoms with E-state index in [4.69, 9.17) is 9.15 Å². The van der Waals surface area contributed by atoms with Crippen molar-refractivity contribution in [1.82, 2.24) is 20.6 Å². The maximum Gasteiger partial charge on any atom is 0.255 e. The Morgan fingerprint density at radius 2 is 1.84 bits per heavy atom. The number of nitrogens with zero attached hydrogens (tertiary/aromatic N) is 3. The molecule has 4 N–H and O–H groups in total. The lowest BCUT2D eigenvalue weighted by Gasteiger charge is -2.10. The fraction of sp³-hybridized carbons (Fsp3) is 0.148.